The van der Waals surface area contributed by atoms with E-state index in [2.05, 4.69) is 0 Å². The molecule has 128 valence electrons. The number of hydrogen-bond acceptors (Lipinski definition) is 3. The van der Waals surface area contributed by atoms with Crippen LogP contribution in [0.15, 0.2) is 66.6 Å². The SMILES string of the molecule is O=C(O)/C(O)=C\C(O)c1cn(Cc2ccc(F)cc2)c2ccccc12. The molecule has 3 N–H and O–H groups in total. The second-order valence-electron chi connectivity index (χ2n) is 5.66. The lowest BCUT2D eigenvalue weighted by molar-refractivity contribution is -0.135. The number of carboxylic acid groups (broad SMARTS) is 1. The van der Waals surface area contributed by atoms with E-state index in [9.17, 15) is 19.4 Å². The predicted octanol–water partition coefficient (Wildman–Crippen LogP) is 3.39. The molecule has 1 atom stereocenters. The molecule has 0 saturated heterocycles. The fourth-order valence-electron chi connectivity index (χ4n) is 2.74. The van der Waals surface area contributed by atoms with Crippen molar-refractivity contribution in [3.8, 4) is 0 Å². The van der Waals surface area contributed by atoms with Crippen LogP contribution in [0.3, 0.4) is 0 Å². The first-order valence-electron chi connectivity index (χ1n) is 7.60. The van der Waals surface area contributed by atoms with Gasteiger partial charge < -0.3 is 19.9 Å². The molecule has 0 amide bonds. The largest absolute Gasteiger partial charge is 0.502 e. The zero-order valence-corrected chi connectivity index (χ0v) is 13.1. The van der Waals surface area contributed by atoms with Gasteiger partial charge in [-0.3, -0.25) is 0 Å². The number of carboxylic acids is 1. The van der Waals surface area contributed by atoms with Crippen LogP contribution in [-0.4, -0.2) is 25.9 Å². The van der Waals surface area contributed by atoms with Crippen LogP contribution < -0.4 is 0 Å². The molecule has 0 radical (unpaired) electrons. The molecule has 2 aromatic carbocycles. The molecule has 0 bridgehead atoms. The number of aromatic nitrogens is 1. The summed E-state index contributed by atoms with van der Waals surface area (Å²) in [7, 11) is 0. The Morgan fingerprint density at radius 2 is 1.80 bits per heavy atom. The number of aliphatic carboxylic acids is 1. The van der Waals surface area contributed by atoms with E-state index in [0.717, 1.165) is 22.5 Å². The number of halogens is 1. The van der Waals surface area contributed by atoms with E-state index in [-0.39, 0.29) is 5.82 Å². The van der Waals surface area contributed by atoms with Gasteiger partial charge in [0, 0.05) is 29.2 Å². The third-order valence-corrected chi connectivity index (χ3v) is 3.94. The maximum absolute atomic E-state index is 13.1. The maximum Gasteiger partial charge on any atom is 0.370 e. The molecule has 0 saturated carbocycles. The molecule has 0 aliphatic rings. The summed E-state index contributed by atoms with van der Waals surface area (Å²) in [6, 6.07) is 13.4. The number of benzene rings is 2. The van der Waals surface area contributed by atoms with Gasteiger partial charge in [0.2, 0.25) is 5.76 Å². The lowest BCUT2D eigenvalue weighted by Crippen LogP contribution is -2.03. The van der Waals surface area contributed by atoms with Crippen LogP contribution in [0.1, 0.15) is 17.2 Å². The molecule has 6 heteroatoms. The molecule has 0 fully saturated rings. The van der Waals surface area contributed by atoms with Crippen LogP contribution >= 0.6 is 0 Å². The van der Waals surface area contributed by atoms with Crippen molar-refractivity contribution in [1.82, 2.24) is 4.57 Å². The van der Waals surface area contributed by atoms with Crippen molar-refractivity contribution in [2.45, 2.75) is 12.6 Å². The quantitative estimate of drug-likeness (QED) is 0.491. The molecule has 1 heterocycles. The summed E-state index contributed by atoms with van der Waals surface area (Å²) in [4.78, 5) is 10.7. The summed E-state index contributed by atoms with van der Waals surface area (Å²) in [5, 5.41) is 29.1. The summed E-state index contributed by atoms with van der Waals surface area (Å²) in [6.45, 7) is 0.460. The van der Waals surface area contributed by atoms with Crippen LogP contribution in [0.4, 0.5) is 4.39 Å². The fraction of sp³-hybridized carbons (Fsp3) is 0.105. The summed E-state index contributed by atoms with van der Waals surface area (Å²) in [5.74, 6) is -2.73. The maximum atomic E-state index is 13.1. The third kappa shape index (κ3) is 3.54. The lowest BCUT2D eigenvalue weighted by atomic mass is 10.1. The van der Waals surface area contributed by atoms with E-state index in [0.29, 0.717) is 12.1 Å². The number of nitrogens with zero attached hydrogens (tertiary/aromatic N) is 1. The first-order chi connectivity index (χ1) is 12.0. The Hall–Kier alpha value is -3.12. The fourth-order valence-corrected chi connectivity index (χ4v) is 2.74. The Morgan fingerprint density at radius 1 is 1.12 bits per heavy atom. The summed E-state index contributed by atoms with van der Waals surface area (Å²) in [6.07, 6.45) is 1.31. The van der Waals surface area contributed by atoms with Gasteiger partial charge in [-0.1, -0.05) is 30.3 Å². The normalized spacial score (nSPS) is 13.1. The minimum absolute atomic E-state index is 0.313. The first-order valence-corrected chi connectivity index (χ1v) is 7.60. The Balaban J connectivity index is 2.02. The molecule has 0 spiro atoms. The van der Waals surface area contributed by atoms with Gasteiger partial charge >= 0.3 is 5.97 Å². The van der Waals surface area contributed by atoms with E-state index in [1.54, 1.807) is 24.4 Å². The van der Waals surface area contributed by atoms with Crippen molar-refractivity contribution in [1.29, 1.82) is 0 Å². The van der Waals surface area contributed by atoms with Crippen LogP contribution in [0.5, 0.6) is 0 Å². The molecule has 0 aliphatic carbocycles. The number of para-hydroxylation sites is 1. The second-order valence-corrected chi connectivity index (χ2v) is 5.66. The molecule has 1 unspecified atom stereocenters. The zero-order valence-electron chi connectivity index (χ0n) is 13.1. The zero-order chi connectivity index (χ0) is 18.0. The van der Waals surface area contributed by atoms with E-state index in [1.165, 1.54) is 12.1 Å². The van der Waals surface area contributed by atoms with Gasteiger partial charge in [0.25, 0.3) is 0 Å². The highest BCUT2D eigenvalue weighted by Gasteiger charge is 2.16. The summed E-state index contributed by atoms with van der Waals surface area (Å²) in [5.41, 5.74) is 2.20. The summed E-state index contributed by atoms with van der Waals surface area (Å²) >= 11 is 0. The highest BCUT2D eigenvalue weighted by atomic mass is 19.1. The van der Waals surface area contributed by atoms with Crippen molar-refractivity contribution >= 4 is 16.9 Å². The Morgan fingerprint density at radius 3 is 2.48 bits per heavy atom. The third-order valence-electron chi connectivity index (χ3n) is 3.94. The smallest absolute Gasteiger partial charge is 0.370 e. The highest BCUT2D eigenvalue weighted by Crippen LogP contribution is 2.28. The molecule has 3 rings (SSSR count). The number of aliphatic hydroxyl groups is 2. The molecular weight excluding hydrogens is 325 g/mol. The van der Waals surface area contributed by atoms with Crippen molar-refractivity contribution in [3.05, 3.63) is 83.5 Å². The van der Waals surface area contributed by atoms with Gasteiger partial charge in [0.05, 0.1) is 0 Å². The van der Waals surface area contributed by atoms with Gasteiger partial charge in [-0.2, -0.15) is 0 Å². The van der Waals surface area contributed by atoms with E-state index >= 15 is 0 Å². The average molecular weight is 341 g/mol. The van der Waals surface area contributed by atoms with Crippen molar-refractivity contribution in [3.63, 3.8) is 0 Å². The minimum atomic E-state index is -1.51. The van der Waals surface area contributed by atoms with Crippen molar-refractivity contribution < 1.29 is 24.5 Å². The predicted molar refractivity (Wildman–Crippen MR) is 90.7 cm³/mol. The number of rotatable bonds is 5. The van der Waals surface area contributed by atoms with Gasteiger partial charge in [-0.15, -0.1) is 0 Å². The van der Waals surface area contributed by atoms with Gasteiger partial charge in [0.1, 0.15) is 11.9 Å². The van der Waals surface area contributed by atoms with E-state index in [1.807, 2.05) is 22.8 Å². The van der Waals surface area contributed by atoms with Crippen molar-refractivity contribution in [2.24, 2.45) is 0 Å². The monoisotopic (exact) mass is 341 g/mol. The van der Waals surface area contributed by atoms with Crippen molar-refractivity contribution in [2.75, 3.05) is 0 Å². The number of carbonyl (C=O) groups is 1. The molecule has 3 aromatic rings. The average Bonchev–Trinajstić information content (AvgIpc) is 2.96. The lowest BCUT2D eigenvalue weighted by Gasteiger charge is -2.05. The molecular formula is C19H16FNO4. The Bertz CT molecular complexity index is 944. The molecule has 1 aromatic heterocycles. The Labute approximate surface area is 142 Å². The van der Waals surface area contributed by atoms with Gasteiger partial charge in [-0.25, -0.2) is 9.18 Å². The number of fused-ring (bicyclic) bond motifs is 1. The van der Waals surface area contributed by atoms with Gasteiger partial charge in [0.15, 0.2) is 0 Å². The molecule has 5 nitrogen and oxygen atoms in total. The number of hydrogen-bond donors (Lipinski definition) is 3. The minimum Gasteiger partial charge on any atom is -0.502 e. The summed E-state index contributed by atoms with van der Waals surface area (Å²) < 4.78 is 14.9. The highest BCUT2D eigenvalue weighted by molar-refractivity contribution is 5.86. The van der Waals surface area contributed by atoms with Gasteiger partial charge in [-0.05, 0) is 29.8 Å². The van der Waals surface area contributed by atoms with Crippen LogP contribution in [0, 0.1) is 5.82 Å². The van der Waals surface area contributed by atoms with Crippen LogP contribution in [0.2, 0.25) is 0 Å². The topological polar surface area (TPSA) is 82.7 Å². The van der Waals surface area contributed by atoms with E-state index < -0.39 is 17.8 Å². The van der Waals surface area contributed by atoms with E-state index in [4.69, 9.17) is 5.11 Å². The number of aliphatic hydroxyl groups excluding tert-OH is 2. The first kappa shape index (κ1) is 16.7. The van der Waals surface area contributed by atoms with Crippen LogP contribution in [0.25, 0.3) is 10.9 Å². The van der Waals surface area contributed by atoms with Crippen LogP contribution in [-0.2, 0) is 11.3 Å². The Kier molecular flexibility index (Phi) is 4.54. The molecule has 0 aliphatic heterocycles. The second kappa shape index (κ2) is 6.78. The standard InChI is InChI=1S/C19H16FNO4/c20-13-7-5-12(6-8-13)10-21-11-15(14-3-1-2-4-16(14)21)17(22)9-18(23)19(24)25/h1-9,11,17,22-23H,10H2,(H,24,25)/b18-9+. The molecule has 25 heavy (non-hydrogen) atoms.